The van der Waals surface area contributed by atoms with Crippen LogP contribution in [0.25, 0.3) is 0 Å². The molecule has 0 aliphatic carbocycles. The lowest BCUT2D eigenvalue weighted by atomic mass is 9.95. The minimum atomic E-state index is -0.309. The van der Waals surface area contributed by atoms with E-state index in [0.717, 1.165) is 11.3 Å². The Morgan fingerprint density at radius 1 is 1.29 bits per heavy atom. The summed E-state index contributed by atoms with van der Waals surface area (Å²) in [6.07, 6.45) is 0.918. The number of hydrogen-bond acceptors (Lipinski definition) is 3. The molecule has 0 atom stereocenters. The number of carbonyl (C=O) groups is 2. The summed E-state index contributed by atoms with van der Waals surface area (Å²) in [5.74, 6) is 0.0185. The first-order chi connectivity index (χ1) is 9.82. The lowest BCUT2D eigenvalue weighted by molar-refractivity contribution is 0.0540. The molecule has 1 aliphatic heterocycles. The van der Waals surface area contributed by atoms with Crippen LogP contribution >= 0.6 is 0 Å². The van der Waals surface area contributed by atoms with Crippen LogP contribution < -0.4 is 0 Å². The normalized spacial score (nSPS) is 16.6. The number of nitrogens with one attached hydrogen (secondary N) is 1. The molecule has 1 aliphatic rings. The van der Waals surface area contributed by atoms with E-state index in [4.69, 9.17) is 0 Å². The molecule has 2 N–H and O–H groups in total. The van der Waals surface area contributed by atoms with Crippen LogP contribution in [0, 0.1) is 6.92 Å². The Bertz CT molecular complexity index is 552. The van der Waals surface area contributed by atoms with Gasteiger partial charge in [0.15, 0.2) is 5.78 Å². The van der Waals surface area contributed by atoms with Crippen molar-refractivity contribution in [2.75, 3.05) is 13.1 Å². The summed E-state index contributed by atoms with van der Waals surface area (Å²) in [6.45, 7) is 8.47. The van der Waals surface area contributed by atoms with E-state index in [2.05, 4.69) is 4.98 Å². The van der Waals surface area contributed by atoms with E-state index >= 15 is 0 Å². The fraction of sp³-hybridized carbons (Fsp3) is 0.625. The number of aliphatic hydroxyl groups is 1. The van der Waals surface area contributed by atoms with Gasteiger partial charge in [-0.05, 0) is 38.2 Å². The van der Waals surface area contributed by atoms with Crippen molar-refractivity contribution >= 4 is 11.7 Å². The van der Waals surface area contributed by atoms with Crippen molar-refractivity contribution in [1.82, 2.24) is 9.88 Å². The zero-order valence-electron chi connectivity index (χ0n) is 13.2. The van der Waals surface area contributed by atoms with E-state index in [9.17, 15) is 14.7 Å². The van der Waals surface area contributed by atoms with Crippen LogP contribution in [0.15, 0.2) is 0 Å². The van der Waals surface area contributed by atoms with Gasteiger partial charge in [0.05, 0.1) is 6.10 Å². The number of ketones is 1. The molecule has 0 radical (unpaired) electrons. The largest absolute Gasteiger partial charge is 0.393 e. The summed E-state index contributed by atoms with van der Waals surface area (Å²) in [5, 5.41) is 9.55. The van der Waals surface area contributed by atoms with Crippen LogP contribution in [0.1, 0.15) is 71.6 Å². The Kier molecular flexibility index (Phi) is 4.52. The standard InChI is InChI=1S/C16H24N2O3/c1-9(2)13-14(11(4)19)10(3)17-15(13)16(21)18-7-5-12(20)6-8-18/h9,12,17,20H,5-8H2,1-4H3. The van der Waals surface area contributed by atoms with Gasteiger partial charge in [0.1, 0.15) is 5.69 Å². The summed E-state index contributed by atoms with van der Waals surface area (Å²) < 4.78 is 0. The number of aliphatic hydroxyl groups excluding tert-OH is 1. The number of likely N-dealkylation sites (tertiary alicyclic amines) is 1. The zero-order valence-corrected chi connectivity index (χ0v) is 13.2. The first-order valence-electron chi connectivity index (χ1n) is 7.53. The van der Waals surface area contributed by atoms with E-state index in [1.807, 2.05) is 20.8 Å². The van der Waals surface area contributed by atoms with Crippen molar-refractivity contribution in [2.45, 2.75) is 52.6 Å². The van der Waals surface area contributed by atoms with Crippen molar-refractivity contribution in [2.24, 2.45) is 0 Å². The first kappa shape index (κ1) is 15.8. The predicted octanol–water partition coefficient (Wildman–Crippen LogP) is 2.25. The van der Waals surface area contributed by atoms with E-state index in [1.165, 1.54) is 6.92 Å². The molecule has 0 spiro atoms. The molecule has 0 unspecified atom stereocenters. The van der Waals surface area contributed by atoms with Gasteiger partial charge in [0.2, 0.25) is 0 Å². The molecule has 2 rings (SSSR count). The second-order valence-corrected chi connectivity index (χ2v) is 6.15. The molecule has 2 heterocycles. The number of aromatic amines is 1. The molecular weight excluding hydrogens is 268 g/mol. The summed E-state index contributed by atoms with van der Waals surface area (Å²) >= 11 is 0. The van der Waals surface area contributed by atoms with Crippen molar-refractivity contribution < 1.29 is 14.7 Å². The van der Waals surface area contributed by atoms with Gasteiger partial charge in [0, 0.05) is 24.3 Å². The monoisotopic (exact) mass is 292 g/mol. The molecule has 1 fully saturated rings. The second kappa shape index (κ2) is 6.02. The van der Waals surface area contributed by atoms with Crippen LogP contribution in [-0.4, -0.2) is 45.9 Å². The number of H-pyrrole nitrogens is 1. The fourth-order valence-corrected chi connectivity index (χ4v) is 3.07. The number of Topliss-reactive ketones (excluding diaryl/α,β-unsaturated/α-hetero) is 1. The Hall–Kier alpha value is -1.62. The Balaban J connectivity index is 2.37. The van der Waals surface area contributed by atoms with E-state index in [1.54, 1.807) is 4.90 Å². The molecular formula is C16H24N2O3. The molecule has 0 bridgehead atoms. The molecule has 1 aromatic rings. The maximum atomic E-state index is 12.7. The zero-order chi connectivity index (χ0) is 15.7. The molecule has 1 aromatic heterocycles. The topological polar surface area (TPSA) is 73.4 Å². The number of amides is 1. The summed E-state index contributed by atoms with van der Waals surface area (Å²) in [7, 11) is 0. The highest BCUT2D eigenvalue weighted by Gasteiger charge is 2.29. The number of nitrogens with zero attached hydrogens (tertiary/aromatic N) is 1. The lowest BCUT2D eigenvalue weighted by Crippen LogP contribution is -2.40. The number of hydrogen-bond donors (Lipinski definition) is 2. The molecule has 1 saturated heterocycles. The SMILES string of the molecule is CC(=O)c1c(C)[nH]c(C(=O)N2CCC(O)CC2)c1C(C)C. The summed E-state index contributed by atoms with van der Waals surface area (Å²) in [4.78, 5) is 29.5. The number of aryl methyl sites for hydroxylation is 1. The van der Waals surface area contributed by atoms with Gasteiger partial charge in [-0.2, -0.15) is 0 Å². The van der Waals surface area contributed by atoms with E-state index in [-0.39, 0.29) is 23.7 Å². The van der Waals surface area contributed by atoms with Crippen LogP contribution in [0.2, 0.25) is 0 Å². The highest BCUT2D eigenvalue weighted by atomic mass is 16.3. The van der Waals surface area contributed by atoms with Crippen LogP contribution in [-0.2, 0) is 0 Å². The maximum Gasteiger partial charge on any atom is 0.270 e. The van der Waals surface area contributed by atoms with Crippen molar-refractivity contribution in [3.05, 3.63) is 22.5 Å². The number of piperidine rings is 1. The minimum Gasteiger partial charge on any atom is -0.393 e. The first-order valence-corrected chi connectivity index (χ1v) is 7.53. The number of carbonyl (C=O) groups excluding carboxylic acids is 2. The number of rotatable bonds is 3. The third-order valence-electron chi connectivity index (χ3n) is 4.12. The summed E-state index contributed by atoms with van der Waals surface area (Å²) in [6, 6.07) is 0. The average Bonchev–Trinajstić information content (AvgIpc) is 2.76. The predicted molar refractivity (Wildman–Crippen MR) is 80.8 cm³/mol. The molecule has 21 heavy (non-hydrogen) atoms. The van der Waals surface area contributed by atoms with E-state index < -0.39 is 0 Å². The highest BCUT2D eigenvalue weighted by molar-refractivity contribution is 6.03. The van der Waals surface area contributed by atoms with Gasteiger partial charge in [0.25, 0.3) is 5.91 Å². The smallest absolute Gasteiger partial charge is 0.270 e. The van der Waals surface area contributed by atoms with Crippen molar-refractivity contribution in [3.63, 3.8) is 0 Å². The van der Waals surface area contributed by atoms with Gasteiger partial charge in [-0.1, -0.05) is 13.8 Å². The van der Waals surface area contributed by atoms with Gasteiger partial charge in [-0.3, -0.25) is 9.59 Å². The fourth-order valence-electron chi connectivity index (χ4n) is 3.07. The molecule has 116 valence electrons. The molecule has 5 heteroatoms. The lowest BCUT2D eigenvalue weighted by Gasteiger charge is -2.29. The third kappa shape index (κ3) is 3.02. The van der Waals surface area contributed by atoms with Crippen LogP contribution in [0.4, 0.5) is 0 Å². The Morgan fingerprint density at radius 3 is 2.33 bits per heavy atom. The maximum absolute atomic E-state index is 12.7. The average molecular weight is 292 g/mol. The number of aromatic nitrogens is 1. The molecule has 5 nitrogen and oxygen atoms in total. The van der Waals surface area contributed by atoms with Gasteiger partial charge in [-0.15, -0.1) is 0 Å². The summed E-state index contributed by atoms with van der Waals surface area (Å²) in [5.41, 5.74) is 2.75. The Labute approximate surface area is 125 Å². The molecule has 1 amide bonds. The molecule has 0 aromatic carbocycles. The van der Waals surface area contributed by atoms with Crippen LogP contribution in [0.5, 0.6) is 0 Å². The van der Waals surface area contributed by atoms with Crippen molar-refractivity contribution in [3.8, 4) is 0 Å². The van der Waals surface area contributed by atoms with Gasteiger partial charge >= 0.3 is 0 Å². The Morgan fingerprint density at radius 2 is 1.86 bits per heavy atom. The van der Waals surface area contributed by atoms with Gasteiger partial charge in [-0.25, -0.2) is 0 Å². The third-order valence-corrected chi connectivity index (χ3v) is 4.12. The minimum absolute atomic E-state index is 0.0134. The quantitative estimate of drug-likeness (QED) is 0.839. The van der Waals surface area contributed by atoms with Crippen LogP contribution in [0.3, 0.4) is 0 Å². The second-order valence-electron chi connectivity index (χ2n) is 6.15. The van der Waals surface area contributed by atoms with Gasteiger partial charge < -0.3 is 15.0 Å². The molecule has 0 saturated carbocycles. The van der Waals surface area contributed by atoms with E-state index in [0.29, 0.717) is 37.2 Å². The van der Waals surface area contributed by atoms with Crippen molar-refractivity contribution in [1.29, 1.82) is 0 Å². The highest BCUT2D eigenvalue weighted by Crippen LogP contribution is 2.28.